The van der Waals surface area contributed by atoms with Crippen LogP contribution in [0.15, 0.2) is 54.6 Å². The molecule has 3 aromatic carbocycles. The molecule has 3 rings (SSSR count). The molecule has 0 bridgehead atoms. The van der Waals surface area contributed by atoms with Gasteiger partial charge in [0.05, 0.1) is 11.6 Å². The summed E-state index contributed by atoms with van der Waals surface area (Å²) >= 11 is 6.13. The summed E-state index contributed by atoms with van der Waals surface area (Å²) in [6.45, 7) is 3.15. The van der Waals surface area contributed by atoms with Crippen LogP contribution in [0.3, 0.4) is 0 Å². The number of hydrogen-bond acceptors (Lipinski definition) is 4. The number of hydrogen-bond donors (Lipinski definition) is 3. The maximum atomic E-state index is 14.1. The Kier molecular flexibility index (Phi) is 8.25. The van der Waals surface area contributed by atoms with Crippen LogP contribution in [0.5, 0.6) is 5.75 Å². The molecule has 0 aromatic heterocycles. The van der Waals surface area contributed by atoms with Crippen molar-refractivity contribution in [3.8, 4) is 5.75 Å². The van der Waals surface area contributed by atoms with Crippen molar-refractivity contribution in [1.29, 1.82) is 0 Å². The number of benzene rings is 3. The van der Waals surface area contributed by atoms with Gasteiger partial charge in [-0.3, -0.25) is 0 Å². The summed E-state index contributed by atoms with van der Waals surface area (Å²) in [5.41, 5.74) is 1.40. The van der Waals surface area contributed by atoms with E-state index < -0.39 is 0 Å². The first-order chi connectivity index (χ1) is 14.2. The molecule has 0 aliphatic carbocycles. The van der Waals surface area contributed by atoms with Gasteiger partial charge in [0.25, 0.3) is 0 Å². The summed E-state index contributed by atoms with van der Waals surface area (Å²) in [4.78, 5) is 0. The largest absolute Gasteiger partial charge is 0.488 e. The lowest BCUT2D eigenvalue weighted by Crippen LogP contribution is -2.24. The van der Waals surface area contributed by atoms with E-state index in [2.05, 4.69) is 22.8 Å². The molecule has 0 atom stereocenters. The van der Waals surface area contributed by atoms with Crippen molar-refractivity contribution >= 4 is 22.4 Å². The maximum Gasteiger partial charge on any atom is 0.131 e. The topological polar surface area (TPSA) is 53.5 Å². The van der Waals surface area contributed by atoms with Crippen LogP contribution in [0.1, 0.15) is 17.5 Å². The molecular weight excluding hydrogens is 391 g/mol. The molecule has 4 nitrogen and oxygen atoms in total. The van der Waals surface area contributed by atoms with Crippen molar-refractivity contribution in [3.05, 3.63) is 76.6 Å². The summed E-state index contributed by atoms with van der Waals surface area (Å²) in [6.07, 6.45) is 0.950. The fraction of sp³-hybridized carbons (Fsp3) is 0.304. The number of rotatable bonds is 11. The van der Waals surface area contributed by atoms with Crippen LogP contribution in [0.25, 0.3) is 10.8 Å². The molecule has 3 N–H and O–H groups in total. The zero-order valence-electron chi connectivity index (χ0n) is 16.3. The highest BCUT2D eigenvalue weighted by molar-refractivity contribution is 6.31. The van der Waals surface area contributed by atoms with Crippen molar-refractivity contribution in [2.75, 3.05) is 26.2 Å². The van der Waals surface area contributed by atoms with Gasteiger partial charge in [-0.1, -0.05) is 48.0 Å². The molecule has 0 aliphatic rings. The number of aliphatic hydroxyl groups excluding tert-OH is 1. The maximum absolute atomic E-state index is 14.1. The van der Waals surface area contributed by atoms with Gasteiger partial charge in [-0.25, -0.2) is 4.39 Å². The van der Waals surface area contributed by atoms with Crippen molar-refractivity contribution in [1.82, 2.24) is 10.6 Å². The molecule has 0 aliphatic heterocycles. The molecule has 0 saturated heterocycles. The Hall–Kier alpha value is -2.18. The molecule has 29 heavy (non-hydrogen) atoms. The zero-order valence-corrected chi connectivity index (χ0v) is 17.0. The summed E-state index contributed by atoms with van der Waals surface area (Å²) in [5, 5.41) is 18.0. The van der Waals surface area contributed by atoms with Crippen LogP contribution >= 0.6 is 11.6 Å². The SMILES string of the molecule is OCCNCCCNCc1c(OCc2c(F)cccc2Cl)ccc2ccccc12. The number of halogens is 2. The van der Waals surface area contributed by atoms with Crippen LogP contribution in [0.4, 0.5) is 4.39 Å². The lowest BCUT2D eigenvalue weighted by molar-refractivity contribution is 0.292. The number of nitrogens with one attached hydrogen (secondary N) is 2. The summed E-state index contributed by atoms with van der Waals surface area (Å²) < 4.78 is 20.1. The molecule has 0 heterocycles. The molecule has 3 aromatic rings. The molecule has 0 spiro atoms. The van der Waals surface area contributed by atoms with Gasteiger partial charge in [0, 0.05) is 24.2 Å². The molecule has 0 radical (unpaired) electrons. The second-order valence-corrected chi connectivity index (χ2v) is 7.16. The average Bonchev–Trinajstić information content (AvgIpc) is 2.73. The smallest absolute Gasteiger partial charge is 0.131 e. The van der Waals surface area contributed by atoms with Gasteiger partial charge in [-0.05, 0) is 48.5 Å². The van der Waals surface area contributed by atoms with Crippen molar-refractivity contribution in [2.45, 2.75) is 19.6 Å². The highest BCUT2D eigenvalue weighted by Gasteiger charge is 2.12. The van der Waals surface area contributed by atoms with Gasteiger partial charge < -0.3 is 20.5 Å². The Morgan fingerprint density at radius 1 is 0.897 bits per heavy atom. The van der Waals surface area contributed by atoms with Gasteiger partial charge >= 0.3 is 0 Å². The minimum atomic E-state index is -0.367. The van der Waals surface area contributed by atoms with Crippen LogP contribution in [0.2, 0.25) is 5.02 Å². The second-order valence-electron chi connectivity index (χ2n) is 6.76. The predicted octanol–water partition coefficient (Wildman–Crippen LogP) is 4.27. The normalized spacial score (nSPS) is 11.1. The Labute approximate surface area is 175 Å². The molecule has 154 valence electrons. The van der Waals surface area contributed by atoms with E-state index >= 15 is 0 Å². The molecule has 0 saturated carbocycles. The monoisotopic (exact) mass is 416 g/mol. The minimum Gasteiger partial charge on any atom is -0.488 e. The highest BCUT2D eigenvalue weighted by Crippen LogP contribution is 2.30. The molecular formula is C23H26ClFN2O2. The van der Waals surface area contributed by atoms with E-state index in [9.17, 15) is 4.39 Å². The molecule has 0 fully saturated rings. The van der Waals surface area contributed by atoms with Crippen LogP contribution < -0.4 is 15.4 Å². The first-order valence-corrected chi connectivity index (χ1v) is 10.2. The third-order valence-electron chi connectivity index (χ3n) is 4.73. The quantitative estimate of drug-likeness (QED) is 0.408. The van der Waals surface area contributed by atoms with Crippen molar-refractivity contribution < 1.29 is 14.2 Å². The van der Waals surface area contributed by atoms with Gasteiger partial charge in [-0.2, -0.15) is 0 Å². The Balaban J connectivity index is 1.72. The van der Waals surface area contributed by atoms with E-state index in [1.807, 2.05) is 24.3 Å². The van der Waals surface area contributed by atoms with E-state index in [4.69, 9.17) is 21.4 Å². The summed E-state index contributed by atoms with van der Waals surface area (Å²) in [6, 6.07) is 16.7. The molecule has 0 unspecified atom stereocenters. The third kappa shape index (κ3) is 5.90. The zero-order chi connectivity index (χ0) is 20.5. The van der Waals surface area contributed by atoms with Gasteiger partial charge in [-0.15, -0.1) is 0 Å². The number of ether oxygens (including phenoxy) is 1. The Bertz CT molecular complexity index is 916. The highest BCUT2D eigenvalue weighted by atomic mass is 35.5. The van der Waals surface area contributed by atoms with Crippen LogP contribution in [-0.2, 0) is 13.2 Å². The lowest BCUT2D eigenvalue weighted by atomic mass is 10.0. The van der Waals surface area contributed by atoms with Crippen molar-refractivity contribution in [3.63, 3.8) is 0 Å². The standard InChI is InChI=1S/C23H26ClFN2O2/c24-21-7-3-8-22(25)20(21)16-29-23-10-9-17-5-1-2-6-18(17)19(23)15-27-12-4-11-26-13-14-28/h1-3,5-10,26-28H,4,11-16H2. The lowest BCUT2D eigenvalue weighted by Gasteiger charge is -2.16. The summed E-state index contributed by atoms with van der Waals surface area (Å²) in [5.74, 6) is 0.349. The van der Waals surface area contributed by atoms with E-state index in [-0.39, 0.29) is 19.0 Å². The first-order valence-electron chi connectivity index (χ1n) is 9.79. The fourth-order valence-corrected chi connectivity index (χ4v) is 3.43. The first kappa shape index (κ1) is 21.5. The molecule has 0 amide bonds. The average molecular weight is 417 g/mol. The van der Waals surface area contributed by atoms with Crippen LogP contribution in [0, 0.1) is 5.82 Å². The Morgan fingerprint density at radius 2 is 1.72 bits per heavy atom. The number of aliphatic hydroxyl groups is 1. The third-order valence-corrected chi connectivity index (χ3v) is 5.08. The van der Waals surface area contributed by atoms with E-state index in [0.717, 1.165) is 35.8 Å². The minimum absolute atomic E-state index is 0.0714. The second kappa shape index (κ2) is 11.1. The van der Waals surface area contributed by atoms with Crippen molar-refractivity contribution in [2.24, 2.45) is 0 Å². The van der Waals surface area contributed by atoms with Gasteiger partial charge in [0.1, 0.15) is 18.2 Å². The number of fused-ring (bicyclic) bond motifs is 1. The van der Waals surface area contributed by atoms with E-state index in [1.165, 1.54) is 6.07 Å². The summed E-state index contributed by atoms with van der Waals surface area (Å²) in [7, 11) is 0. The fourth-order valence-electron chi connectivity index (χ4n) is 3.21. The van der Waals surface area contributed by atoms with Gasteiger partial charge in [0.15, 0.2) is 0 Å². The van der Waals surface area contributed by atoms with Gasteiger partial charge in [0.2, 0.25) is 0 Å². The van der Waals surface area contributed by atoms with E-state index in [0.29, 0.717) is 29.4 Å². The van der Waals surface area contributed by atoms with E-state index in [1.54, 1.807) is 12.1 Å². The predicted molar refractivity (Wildman–Crippen MR) is 116 cm³/mol. The Morgan fingerprint density at radius 3 is 2.55 bits per heavy atom. The van der Waals surface area contributed by atoms with Crippen LogP contribution in [-0.4, -0.2) is 31.3 Å². The molecule has 6 heteroatoms.